The fourth-order valence-corrected chi connectivity index (χ4v) is 5.08. The summed E-state index contributed by atoms with van der Waals surface area (Å²) in [5.74, 6) is 2.16. The number of carbonyl (C=O) groups excluding carboxylic acids is 1. The molecule has 1 fully saturated rings. The molecule has 3 unspecified atom stereocenters. The number of ketones is 1. The number of fused-ring (bicyclic) bond motifs is 3. The maximum atomic E-state index is 12.4. The number of allylic oxidation sites excluding steroid dienone is 1. The van der Waals surface area contributed by atoms with Crippen molar-refractivity contribution in [2.75, 3.05) is 0 Å². The van der Waals surface area contributed by atoms with Gasteiger partial charge in [0, 0.05) is 5.41 Å². The first-order valence-electron chi connectivity index (χ1n) is 8.80. The molecule has 0 spiro atoms. The number of hydrogen-bond acceptors (Lipinski definition) is 2. The quantitative estimate of drug-likeness (QED) is 0.797. The van der Waals surface area contributed by atoms with Gasteiger partial charge in [-0.25, -0.2) is 0 Å². The average molecular weight is 312 g/mol. The second-order valence-corrected chi connectivity index (χ2v) is 7.97. The zero-order valence-electron chi connectivity index (χ0n) is 14.6. The first-order chi connectivity index (χ1) is 10.8. The molecule has 124 valence electrons. The summed E-state index contributed by atoms with van der Waals surface area (Å²) in [4.78, 5) is 12.4. The van der Waals surface area contributed by atoms with E-state index in [9.17, 15) is 9.90 Å². The van der Waals surface area contributed by atoms with Crippen LogP contribution >= 0.6 is 0 Å². The van der Waals surface area contributed by atoms with E-state index in [4.69, 9.17) is 0 Å². The predicted octanol–water partition coefficient (Wildman–Crippen LogP) is 5.01. The molecular weight excluding hydrogens is 284 g/mol. The van der Waals surface area contributed by atoms with Gasteiger partial charge in [0.15, 0.2) is 0 Å². The number of carbonyl (C=O) groups is 1. The van der Waals surface area contributed by atoms with Crippen molar-refractivity contribution in [3.8, 4) is 5.75 Å². The fourth-order valence-electron chi connectivity index (χ4n) is 5.08. The zero-order chi connectivity index (χ0) is 16.8. The Morgan fingerprint density at radius 1 is 1.35 bits per heavy atom. The lowest BCUT2D eigenvalue weighted by Gasteiger charge is -2.51. The van der Waals surface area contributed by atoms with Gasteiger partial charge in [-0.3, -0.25) is 4.79 Å². The van der Waals surface area contributed by atoms with Gasteiger partial charge in [-0.1, -0.05) is 18.6 Å². The first-order valence-corrected chi connectivity index (χ1v) is 8.80. The number of rotatable bonds is 3. The molecule has 0 amide bonds. The number of hydrogen-bond donors (Lipinski definition) is 1. The van der Waals surface area contributed by atoms with Crippen molar-refractivity contribution >= 4 is 5.78 Å². The lowest BCUT2D eigenvalue weighted by Crippen LogP contribution is -2.46. The molecule has 1 saturated carbocycles. The molecule has 0 aromatic heterocycles. The minimum atomic E-state index is -0.214. The van der Waals surface area contributed by atoms with Crippen LogP contribution in [-0.2, 0) is 11.2 Å². The van der Waals surface area contributed by atoms with Crippen LogP contribution in [0.3, 0.4) is 0 Å². The minimum absolute atomic E-state index is 0.214. The van der Waals surface area contributed by atoms with Gasteiger partial charge in [0.1, 0.15) is 11.5 Å². The van der Waals surface area contributed by atoms with Crippen LogP contribution in [0.25, 0.3) is 0 Å². The lowest BCUT2D eigenvalue weighted by atomic mass is 9.52. The van der Waals surface area contributed by atoms with Gasteiger partial charge in [-0.2, -0.15) is 0 Å². The average Bonchev–Trinajstić information content (AvgIpc) is 2.48. The van der Waals surface area contributed by atoms with Gasteiger partial charge in [0.05, 0.1) is 0 Å². The van der Waals surface area contributed by atoms with Crippen LogP contribution < -0.4 is 0 Å². The summed E-state index contributed by atoms with van der Waals surface area (Å²) < 4.78 is 0. The van der Waals surface area contributed by atoms with Gasteiger partial charge in [0.2, 0.25) is 0 Å². The summed E-state index contributed by atoms with van der Waals surface area (Å²) >= 11 is 0. The van der Waals surface area contributed by atoms with Crippen molar-refractivity contribution in [3.63, 3.8) is 0 Å². The number of Topliss-reactive ketones (excluding diaryl/α,β-unsaturated/α-hetero) is 1. The standard InChI is InChI=1S/C21H28O2/c1-13(2)11-20-19-7-5-15-12-16(23)6-8-17(15)18(19)9-10-21(20,4)14(3)22/h6,8,12,18-20,23H,1,5,7,9-11H2,2-4H3/t18?,19?,20?,21-/m1/s1. The lowest BCUT2D eigenvalue weighted by molar-refractivity contribution is -0.133. The van der Waals surface area contributed by atoms with E-state index >= 15 is 0 Å². The van der Waals surface area contributed by atoms with Gasteiger partial charge in [-0.05, 0) is 87.0 Å². The highest BCUT2D eigenvalue weighted by Gasteiger charge is 2.50. The summed E-state index contributed by atoms with van der Waals surface area (Å²) in [5.41, 5.74) is 3.66. The Balaban J connectivity index is 1.99. The van der Waals surface area contributed by atoms with Crippen LogP contribution in [0.2, 0.25) is 0 Å². The van der Waals surface area contributed by atoms with Gasteiger partial charge >= 0.3 is 0 Å². The maximum Gasteiger partial charge on any atom is 0.135 e. The summed E-state index contributed by atoms with van der Waals surface area (Å²) in [5, 5.41) is 9.75. The molecule has 4 atom stereocenters. The van der Waals surface area contributed by atoms with E-state index in [1.807, 2.05) is 12.1 Å². The van der Waals surface area contributed by atoms with E-state index < -0.39 is 0 Å². The molecule has 2 aliphatic carbocycles. The number of phenolic OH excluding ortho intramolecular Hbond substituents is 1. The summed E-state index contributed by atoms with van der Waals surface area (Å²) in [7, 11) is 0. The van der Waals surface area contributed by atoms with Crippen molar-refractivity contribution in [3.05, 3.63) is 41.5 Å². The van der Waals surface area contributed by atoms with Crippen LogP contribution in [0.5, 0.6) is 5.75 Å². The molecule has 2 nitrogen and oxygen atoms in total. The highest BCUT2D eigenvalue weighted by Crippen LogP contribution is 2.56. The highest BCUT2D eigenvalue weighted by molar-refractivity contribution is 5.82. The van der Waals surface area contributed by atoms with E-state index in [1.165, 1.54) is 16.7 Å². The topological polar surface area (TPSA) is 37.3 Å². The van der Waals surface area contributed by atoms with Crippen molar-refractivity contribution in [1.82, 2.24) is 0 Å². The SMILES string of the molecule is C=C(C)CC1C2CCc3cc(O)ccc3C2CC[C@]1(C)C(C)=O. The normalized spacial score (nSPS) is 32.7. The fraction of sp³-hybridized carbons (Fsp3) is 0.571. The Kier molecular flexibility index (Phi) is 4.12. The van der Waals surface area contributed by atoms with Crippen molar-refractivity contribution in [1.29, 1.82) is 0 Å². The molecule has 1 aromatic rings. The number of phenols is 1. The Labute approximate surface area is 139 Å². The van der Waals surface area contributed by atoms with E-state index in [0.29, 0.717) is 29.3 Å². The van der Waals surface area contributed by atoms with Gasteiger partial charge < -0.3 is 5.11 Å². The largest absolute Gasteiger partial charge is 0.508 e. The van der Waals surface area contributed by atoms with Crippen molar-refractivity contribution < 1.29 is 9.90 Å². The molecule has 0 bridgehead atoms. The molecule has 0 radical (unpaired) electrons. The van der Waals surface area contributed by atoms with Crippen molar-refractivity contribution in [2.24, 2.45) is 17.3 Å². The molecule has 1 N–H and O–H groups in total. The molecule has 3 rings (SSSR count). The second-order valence-electron chi connectivity index (χ2n) is 7.97. The molecule has 23 heavy (non-hydrogen) atoms. The molecule has 2 aliphatic rings. The van der Waals surface area contributed by atoms with Gasteiger partial charge in [0.25, 0.3) is 0 Å². The molecule has 0 heterocycles. The van der Waals surface area contributed by atoms with Crippen LogP contribution in [0, 0.1) is 17.3 Å². The Hall–Kier alpha value is -1.57. The Morgan fingerprint density at radius 2 is 2.09 bits per heavy atom. The van der Waals surface area contributed by atoms with Crippen LogP contribution in [0.4, 0.5) is 0 Å². The third-order valence-corrected chi connectivity index (χ3v) is 6.47. The smallest absolute Gasteiger partial charge is 0.135 e. The second kappa shape index (κ2) is 5.81. The third kappa shape index (κ3) is 2.73. The number of benzene rings is 1. The van der Waals surface area contributed by atoms with Crippen LogP contribution in [-0.4, -0.2) is 10.9 Å². The van der Waals surface area contributed by atoms with Gasteiger partial charge in [-0.15, -0.1) is 6.58 Å². The third-order valence-electron chi connectivity index (χ3n) is 6.47. The molecule has 0 aliphatic heterocycles. The van der Waals surface area contributed by atoms with E-state index in [1.54, 1.807) is 6.92 Å². The molecule has 2 heteroatoms. The zero-order valence-corrected chi connectivity index (χ0v) is 14.6. The van der Waals surface area contributed by atoms with E-state index in [2.05, 4.69) is 26.5 Å². The number of aromatic hydroxyl groups is 1. The monoisotopic (exact) mass is 312 g/mol. The Morgan fingerprint density at radius 3 is 2.74 bits per heavy atom. The summed E-state index contributed by atoms with van der Waals surface area (Å²) in [6.07, 6.45) is 5.10. The predicted molar refractivity (Wildman–Crippen MR) is 93.6 cm³/mol. The molecular formula is C21H28O2. The number of aryl methyl sites for hydroxylation is 1. The summed E-state index contributed by atoms with van der Waals surface area (Å²) in [6, 6.07) is 5.85. The van der Waals surface area contributed by atoms with E-state index in [0.717, 1.165) is 32.1 Å². The first kappa shape index (κ1) is 16.3. The minimum Gasteiger partial charge on any atom is -0.508 e. The van der Waals surface area contributed by atoms with Crippen molar-refractivity contribution in [2.45, 2.75) is 58.8 Å². The summed E-state index contributed by atoms with van der Waals surface area (Å²) in [6.45, 7) is 10.1. The highest BCUT2D eigenvalue weighted by atomic mass is 16.3. The maximum absolute atomic E-state index is 12.4. The molecule has 0 saturated heterocycles. The van der Waals surface area contributed by atoms with E-state index in [-0.39, 0.29) is 5.41 Å². The molecule has 1 aromatic carbocycles. The van der Waals surface area contributed by atoms with Crippen LogP contribution in [0.1, 0.15) is 63.5 Å². The Bertz CT molecular complexity index is 645. The van der Waals surface area contributed by atoms with Crippen LogP contribution in [0.15, 0.2) is 30.4 Å².